The van der Waals surface area contributed by atoms with E-state index in [0.29, 0.717) is 22.3 Å². The van der Waals surface area contributed by atoms with Gasteiger partial charge < -0.3 is 20.9 Å². The molecule has 4 N–H and O–H groups in total. The van der Waals surface area contributed by atoms with Crippen molar-refractivity contribution in [2.45, 2.75) is 0 Å². The number of nitrogen functional groups attached to an aromatic ring is 1. The third kappa shape index (κ3) is 2.92. The lowest BCUT2D eigenvalue weighted by molar-refractivity contribution is 0.0696. The number of nitrogens with zero attached hydrogens (tertiary/aromatic N) is 1. The number of hydrogen-bond acceptors (Lipinski definition) is 5. The number of aromatic nitrogens is 1. The molecule has 0 saturated carbocycles. The molecule has 2 aromatic rings. The lowest BCUT2D eigenvalue weighted by atomic mass is 10.2. The van der Waals surface area contributed by atoms with Crippen LogP contribution in [0.2, 0.25) is 5.02 Å². The number of carbonyl (C=O) groups is 1. The van der Waals surface area contributed by atoms with E-state index in [4.69, 9.17) is 27.2 Å². The highest BCUT2D eigenvalue weighted by Gasteiger charge is 2.10. The van der Waals surface area contributed by atoms with E-state index in [9.17, 15) is 4.79 Å². The number of anilines is 3. The van der Waals surface area contributed by atoms with Crippen molar-refractivity contribution >= 4 is 34.8 Å². The van der Waals surface area contributed by atoms with E-state index in [2.05, 4.69) is 10.3 Å². The molecule has 7 heteroatoms. The van der Waals surface area contributed by atoms with Crippen LogP contribution in [-0.2, 0) is 0 Å². The highest BCUT2D eigenvalue weighted by Crippen LogP contribution is 2.30. The minimum atomic E-state index is -1.09. The summed E-state index contributed by atoms with van der Waals surface area (Å²) >= 11 is 6.06. The topological polar surface area (TPSA) is 97.5 Å². The molecule has 2 rings (SSSR count). The Balaban J connectivity index is 2.32. The van der Waals surface area contributed by atoms with Gasteiger partial charge >= 0.3 is 5.97 Å². The number of benzene rings is 1. The van der Waals surface area contributed by atoms with Crippen LogP contribution in [0.4, 0.5) is 17.2 Å². The molecule has 1 aromatic carbocycles. The van der Waals surface area contributed by atoms with Crippen molar-refractivity contribution < 1.29 is 14.6 Å². The van der Waals surface area contributed by atoms with Gasteiger partial charge in [-0.1, -0.05) is 11.6 Å². The second kappa shape index (κ2) is 5.66. The number of ether oxygens (including phenoxy) is 1. The zero-order valence-corrected chi connectivity index (χ0v) is 11.3. The fourth-order valence-corrected chi connectivity index (χ4v) is 1.72. The summed E-state index contributed by atoms with van der Waals surface area (Å²) in [6.07, 6.45) is 1.22. The van der Waals surface area contributed by atoms with Gasteiger partial charge in [0, 0.05) is 12.3 Å². The number of aromatic carboxylic acids is 1. The molecule has 0 spiro atoms. The van der Waals surface area contributed by atoms with Gasteiger partial charge in [-0.25, -0.2) is 9.78 Å². The van der Waals surface area contributed by atoms with Crippen LogP contribution < -0.4 is 15.8 Å². The van der Waals surface area contributed by atoms with Crippen molar-refractivity contribution in [3.8, 4) is 5.75 Å². The Morgan fingerprint density at radius 2 is 2.20 bits per heavy atom. The number of carboxylic acid groups (broad SMARTS) is 1. The van der Waals surface area contributed by atoms with Crippen LogP contribution in [0.3, 0.4) is 0 Å². The van der Waals surface area contributed by atoms with Gasteiger partial charge in [0.05, 0.1) is 29.1 Å². The van der Waals surface area contributed by atoms with E-state index in [1.807, 2.05) is 0 Å². The first-order valence-corrected chi connectivity index (χ1v) is 5.98. The maximum atomic E-state index is 10.8. The molecule has 0 aliphatic carbocycles. The summed E-state index contributed by atoms with van der Waals surface area (Å²) in [5.41, 5.74) is 6.56. The first-order valence-electron chi connectivity index (χ1n) is 5.60. The largest absolute Gasteiger partial charge is 0.497 e. The van der Waals surface area contributed by atoms with E-state index in [-0.39, 0.29) is 11.3 Å². The highest BCUT2D eigenvalue weighted by atomic mass is 35.5. The van der Waals surface area contributed by atoms with Gasteiger partial charge in [0.2, 0.25) is 0 Å². The molecule has 0 amide bonds. The first-order chi connectivity index (χ1) is 9.51. The van der Waals surface area contributed by atoms with Crippen LogP contribution in [0.15, 0.2) is 30.5 Å². The van der Waals surface area contributed by atoms with E-state index in [0.717, 1.165) is 0 Å². The number of nitrogens with two attached hydrogens (primary N) is 1. The minimum Gasteiger partial charge on any atom is -0.497 e. The number of pyridine rings is 1. The molecule has 104 valence electrons. The van der Waals surface area contributed by atoms with Gasteiger partial charge in [-0.15, -0.1) is 0 Å². The SMILES string of the molecule is COc1ccc(Cl)c(Nc2ncc(C(=O)O)cc2N)c1. The van der Waals surface area contributed by atoms with Crippen molar-refractivity contribution in [3.05, 3.63) is 41.0 Å². The summed E-state index contributed by atoms with van der Waals surface area (Å²) < 4.78 is 5.10. The molecular formula is C13H12ClN3O3. The fraction of sp³-hybridized carbons (Fsp3) is 0.0769. The Kier molecular flexibility index (Phi) is 3.95. The molecule has 1 heterocycles. The molecule has 0 saturated heterocycles. The molecule has 0 radical (unpaired) electrons. The van der Waals surface area contributed by atoms with Crippen LogP contribution in [0, 0.1) is 0 Å². The third-order valence-electron chi connectivity index (χ3n) is 2.59. The molecule has 20 heavy (non-hydrogen) atoms. The monoisotopic (exact) mass is 293 g/mol. The number of rotatable bonds is 4. The van der Waals surface area contributed by atoms with Crippen molar-refractivity contribution in [1.82, 2.24) is 4.98 Å². The predicted molar refractivity (Wildman–Crippen MR) is 76.9 cm³/mol. The second-order valence-corrected chi connectivity index (χ2v) is 4.34. The smallest absolute Gasteiger partial charge is 0.337 e. The molecule has 0 bridgehead atoms. The average molecular weight is 294 g/mol. The Morgan fingerprint density at radius 3 is 2.80 bits per heavy atom. The summed E-state index contributed by atoms with van der Waals surface area (Å²) in [6, 6.07) is 6.41. The van der Waals surface area contributed by atoms with Crippen molar-refractivity contribution in [1.29, 1.82) is 0 Å². The molecule has 0 fully saturated rings. The Labute approximate surface area is 120 Å². The van der Waals surface area contributed by atoms with E-state index < -0.39 is 5.97 Å². The maximum Gasteiger partial charge on any atom is 0.337 e. The first kappa shape index (κ1) is 14.0. The van der Waals surface area contributed by atoms with Gasteiger partial charge in [-0.05, 0) is 18.2 Å². The third-order valence-corrected chi connectivity index (χ3v) is 2.92. The van der Waals surface area contributed by atoms with Crippen LogP contribution in [0.1, 0.15) is 10.4 Å². The highest BCUT2D eigenvalue weighted by molar-refractivity contribution is 6.33. The average Bonchev–Trinajstić information content (AvgIpc) is 2.43. The molecule has 1 aromatic heterocycles. The lowest BCUT2D eigenvalue weighted by Crippen LogP contribution is -2.04. The number of carboxylic acids is 1. The molecular weight excluding hydrogens is 282 g/mol. The molecule has 0 unspecified atom stereocenters. The molecule has 0 aliphatic heterocycles. The van der Waals surface area contributed by atoms with Crippen LogP contribution >= 0.6 is 11.6 Å². The number of methoxy groups -OCH3 is 1. The quantitative estimate of drug-likeness (QED) is 0.802. The van der Waals surface area contributed by atoms with Gasteiger partial charge in [-0.2, -0.15) is 0 Å². The Hall–Kier alpha value is -2.47. The number of halogens is 1. The van der Waals surface area contributed by atoms with Gasteiger partial charge in [0.15, 0.2) is 5.82 Å². The summed E-state index contributed by atoms with van der Waals surface area (Å²) in [7, 11) is 1.54. The zero-order valence-electron chi connectivity index (χ0n) is 10.6. The number of hydrogen-bond donors (Lipinski definition) is 3. The molecule has 6 nitrogen and oxygen atoms in total. The van der Waals surface area contributed by atoms with Crippen LogP contribution in [-0.4, -0.2) is 23.2 Å². The van der Waals surface area contributed by atoms with E-state index in [1.165, 1.54) is 12.3 Å². The second-order valence-electron chi connectivity index (χ2n) is 3.94. The predicted octanol–water partition coefficient (Wildman–Crippen LogP) is 2.77. The summed E-state index contributed by atoms with van der Waals surface area (Å²) in [5.74, 6) is -0.141. The summed E-state index contributed by atoms with van der Waals surface area (Å²) in [4.78, 5) is 14.8. The van der Waals surface area contributed by atoms with Crippen molar-refractivity contribution in [2.75, 3.05) is 18.2 Å². The summed E-state index contributed by atoms with van der Waals surface area (Å²) in [6.45, 7) is 0. The Morgan fingerprint density at radius 1 is 1.45 bits per heavy atom. The van der Waals surface area contributed by atoms with Crippen molar-refractivity contribution in [2.24, 2.45) is 0 Å². The minimum absolute atomic E-state index is 0.0183. The normalized spacial score (nSPS) is 10.1. The molecule has 0 atom stereocenters. The maximum absolute atomic E-state index is 10.8. The standard InChI is InChI=1S/C13H12ClN3O3/c1-20-8-2-3-9(14)11(5-8)17-12-10(15)4-7(6-16-12)13(18)19/h2-6H,15H2,1H3,(H,16,17)(H,18,19). The van der Waals surface area contributed by atoms with Crippen LogP contribution in [0.5, 0.6) is 5.75 Å². The molecule has 0 aliphatic rings. The fourth-order valence-electron chi connectivity index (χ4n) is 1.56. The van der Waals surface area contributed by atoms with E-state index in [1.54, 1.807) is 25.3 Å². The van der Waals surface area contributed by atoms with Gasteiger partial charge in [0.25, 0.3) is 0 Å². The van der Waals surface area contributed by atoms with Gasteiger partial charge in [-0.3, -0.25) is 0 Å². The lowest BCUT2D eigenvalue weighted by Gasteiger charge is -2.11. The van der Waals surface area contributed by atoms with E-state index >= 15 is 0 Å². The zero-order chi connectivity index (χ0) is 14.7. The van der Waals surface area contributed by atoms with Crippen molar-refractivity contribution in [3.63, 3.8) is 0 Å². The Bertz CT molecular complexity index is 661. The summed E-state index contributed by atoms with van der Waals surface area (Å²) in [5, 5.41) is 12.3. The van der Waals surface area contributed by atoms with Crippen LogP contribution in [0.25, 0.3) is 0 Å². The van der Waals surface area contributed by atoms with Gasteiger partial charge in [0.1, 0.15) is 5.75 Å². The number of nitrogens with one attached hydrogen (secondary N) is 1.